The average molecular weight is 431 g/mol. The number of carbonyl (C=O) groups excluding carboxylic acids is 1. The van der Waals surface area contributed by atoms with Gasteiger partial charge in [0.05, 0.1) is 12.4 Å². The lowest BCUT2D eigenvalue weighted by atomic mass is 10.2. The minimum absolute atomic E-state index is 0.00834. The van der Waals surface area contributed by atoms with Gasteiger partial charge in [0.15, 0.2) is 11.5 Å². The monoisotopic (exact) mass is 430 g/mol. The molecule has 1 unspecified atom stereocenters. The molecule has 142 valence electrons. The molecule has 0 aliphatic heterocycles. The van der Waals surface area contributed by atoms with Gasteiger partial charge < -0.3 is 10.6 Å². The summed E-state index contributed by atoms with van der Waals surface area (Å²) in [7, 11) is 0. The maximum atomic E-state index is 12.4. The number of imidazole rings is 1. The van der Waals surface area contributed by atoms with Crippen molar-refractivity contribution in [2.24, 2.45) is 0 Å². The Morgan fingerprint density at radius 1 is 1.22 bits per heavy atom. The molecule has 0 saturated heterocycles. The number of anilines is 2. The summed E-state index contributed by atoms with van der Waals surface area (Å²) >= 11 is 3.45. The molecule has 0 fully saturated rings. The first-order valence-corrected chi connectivity index (χ1v) is 9.72. The van der Waals surface area contributed by atoms with Crippen molar-refractivity contribution in [3.05, 3.63) is 53.0 Å². The predicted molar refractivity (Wildman–Crippen MR) is 110 cm³/mol. The number of hydrogen-bond donors (Lipinski definition) is 2. The van der Waals surface area contributed by atoms with E-state index in [4.69, 9.17) is 0 Å². The van der Waals surface area contributed by atoms with E-state index in [1.165, 1.54) is 0 Å². The Morgan fingerprint density at radius 3 is 2.59 bits per heavy atom. The van der Waals surface area contributed by atoms with Gasteiger partial charge in [-0.1, -0.05) is 13.8 Å². The van der Waals surface area contributed by atoms with Crippen LogP contribution < -0.4 is 10.6 Å². The molecule has 8 heteroatoms. The Labute approximate surface area is 166 Å². The van der Waals surface area contributed by atoms with E-state index in [0.717, 1.165) is 29.0 Å². The van der Waals surface area contributed by atoms with Crippen molar-refractivity contribution >= 4 is 39.0 Å². The lowest BCUT2D eigenvalue weighted by Gasteiger charge is -2.27. The van der Waals surface area contributed by atoms with Gasteiger partial charge in [-0.25, -0.2) is 9.97 Å². The zero-order chi connectivity index (χ0) is 19.4. The van der Waals surface area contributed by atoms with Crippen LogP contribution in [-0.4, -0.2) is 44.4 Å². The van der Waals surface area contributed by atoms with Crippen molar-refractivity contribution in [1.29, 1.82) is 0 Å². The summed E-state index contributed by atoms with van der Waals surface area (Å²) in [6.45, 7) is 7.95. The fourth-order valence-electron chi connectivity index (χ4n) is 2.95. The molecule has 0 bridgehead atoms. The van der Waals surface area contributed by atoms with Crippen LogP contribution in [0.1, 0.15) is 31.1 Å². The van der Waals surface area contributed by atoms with Crippen LogP contribution in [-0.2, 0) is 0 Å². The van der Waals surface area contributed by atoms with Crippen LogP contribution in [0.3, 0.4) is 0 Å². The van der Waals surface area contributed by atoms with Crippen LogP contribution in [0, 0.1) is 0 Å². The van der Waals surface area contributed by atoms with Gasteiger partial charge in [-0.3, -0.25) is 14.1 Å². The molecular formula is C19H23BrN6O. The molecule has 2 N–H and O–H groups in total. The number of nitrogens with one attached hydrogen (secondary N) is 2. The molecule has 0 spiro atoms. The smallest absolute Gasteiger partial charge is 0.252 e. The standard InChI is InChI=1S/C19H23BrN6O/c1-4-25(5-2)13(3)23-19(27)14-6-8-15(9-7-14)24-17-18-21-10-11-26(18)16(20)12-22-17/h6-13H,4-5H2,1-3H3,(H,22,24)(H,23,27). The molecule has 1 amide bonds. The Bertz CT molecular complexity index is 920. The van der Waals surface area contributed by atoms with Crippen molar-refractivity contribution in [2.45, 2.75) is 26.9 Å². The zero-order valence-electron chi connectivity index (χ0n) is 15.6. The summed E-state index contributed by atoms with van der Waals surface area (Å²) in [5.74, 6) is 0.564. The molecule has 0 radical (unpaired) electrons. The predicted octanol–water partition coefficient (Wildman–Crippen LogP) is 3.65. The van der Waals surface area contributed by atoms with Crippen molar-refractivity contribution in [1.82, 2.24) is 24.6 Å². The highest BCUT2D eigenvalue weighted by Crippen LogP contribution is 2.22. The van der Waals surface area contributed by atoms with E-state index in [9.17, 15) is 4.79 Å². The van der Waals surface area contributed by atoms with Crippen LogP contribution in [0.4, 0.5) is 11.5 Å². The topological polar surface area (TPSA) is 74.6 Å². The number of hydrogen-bond acceptors (Lipinski definition) is 5. The summed E-state index contributed by atoms with van der Waals surface area (Å²) in [5.41, 5.74) is 2.18. The third-order valence-corrected chi connectivity index (χ3v) is 5.08. The first-order valence-electron chi connectivity index (χ1n) is 8.93. The molecule has 2 heterocycles. The average Bonchev–Trinajstić information content (AvgIpc) is 3.16. The highest BCUT2D eigenvalue weighted by atomic mass is 79.9. The number of nitrogens with zero attached hydrogens (tertiary/aromatic N) is 4. The van der Waals surface area contributed by atoms with Gasteiger partial charge in [0.2, 0.25) is 0 Å². The number of rotatable bonds is 7. The summed E-state index contributed by atoms with van der Waals surface area (Å²) in [5, 5.41) is 6.28. The van der Waals surface area contributed by atoms with E-state index in [2.05, 4.69) is 55.3 Å². The van der Waals surface area contributed by atoms with Crippen molar-refractivity contribution < 1.29 is 4.79 Å². The van der Waals surface area contributed by atoms with E-state index in [-0.39, 0.29) is 12.1 Å². The van der Waals surface area contributed by atoms with Crippen LogP contribution in [0.2, 0.25) is 0 Å². The first-order chi connectivity index (χ1) is 13.0. The number of amides is 1. The summed E-state index contributed by atoms with van der Waals surface area (Å²) in [6, 6.07) is 7.32. The fraction of sp³-hybridized carbons (Fsp3) is 0.316. The molecule has 3 aromatic rings. The highest BCUT2D eigenvalue weighted by molar-refractivity contribution is 9.10. The largest absolute Gasteiger partial charge is 0.337 e. The van der Waals surface area contributed by atoms with Crippen LogP contribution in [0.5, 0.6) is 0 Å². The van der Waals surface area contributed by atoms with Gasteiger partial charge in [0.25, 0.3) is 5.91 Å². The third kappa shape index (κ3) is 4.28. The molecule has 7 nitrogen and oxygen atoms in total. The molecular weight excluding hydrogens is 408 g/mol. The molecule has 1 aromatic carbocycles. The van der Waals surface area contributed by atoms with Gasteiger partial charge in [-0.15, -0.1) is 0 Å². The van der Waals surface area contributed by atoms with Crippen molar-refractivity contribution in [3.63, 3.8) is 0 Å². The molecule has 0 aliphatic rings. The molecule has 0 saturated carbocycles. The van der Waals surface area contributed by atoms with Crippen molar-refractivity contribution in [3.8, 4) is 0 Å². The second-order valence-electron chi connectivity index (χ2n) is 6.12. The summed E-state index contributed by atoms with van der Waals surface area (Å²) in [6.07, 6.45) is 5.28. The minimum Gasteiger partial charge on any atom is -0.337 e. The SMILES string of the molecule is CCN(CC)C(C)NC(=O)c1ccc(Nc2ncc(Br)n3ccnc23)cc1. The lowest BCUT2D eigenvalue weighted by molar-refractivity contribution is 0.0875. The summed E-state index contributed by atoms with van der Waals surface area (Å²) in [4.78, 5) is 23.3. The van der Waals surface area contributed by atoms with E-state index < -0.39 is 0 Å². The summed E-state index contributed by atoms with van der Waals surface area (Å²) < 4.78 is 2.72. The van der Waals surface area contributed by atoms with Gasteiger partial charge in [0.1, 0.15) is 4.60 Å². The van der Waals surface area contributed by atoms with E-state index in [0.29, 0.717) is 11.4 Å². The molecule has 27 heavy (non-hydrogen) atoms. The second kappa shape index (κ2) is 8.49. The Hall–Kier alpha value is -2.45. The van der Waals surface area contributed by atoms with Gasteiger partial charge in [-0.05, 0) is 60.2 Å². The van der Waals surface area contributed by atoms with Crippen LogP contribution in [0.25, 0.3) is 5.65 Å². The van der Waals surface area contributed by atoms with E-state index in [1.807, 2.05) is 29.7 Å². The third-order valence-electron chi connectivity index (χ3n) is 4.49. The normalized spacial score (nSPS) is 12.3. The quantitative estimate of drug-likeness (QED) is 0.559. The molecule has 1 atom stereocenters. The van der Waals surface area contributed by atoms with Gasteiger partial charge in [-0.2, -0.15) is 0 Å². The number of benzene rings is 1. The number of aromatic nitrogens is 3. The Kier molecular flexibility index (Phi) is 6.08. The van der Waals surface area contributed by atoms with Gasteiger partial charge in [0, 0.05) is 23.6 Å². The first kappa shape index (κ1) is 19.3. The van der Waals surface area contributed by atoms with E-state index >= 15 is 0 Å². The number of halogens is 1. The second-order valence-corrected chi connectivity index (χ2v) is 6.94. The molecule has 0 aliphatic carbocycles. The highest BCUT2D eigenvalue weighted by Gasteiger charge is 2.14. The Morgan fingerprint density at radius 2 is 1.93 bits per heavy atom. The molecule has 3 rings (SSSR count). The van der Waals surface area contributed by atoms with Crippen LogP contribution >= 0.6 is 15.9 Å². The van der Waals surface area contributed by atoms with E-state index in [1.54, 1.807) is 24.5 Å². The lowest BCUT2D eigenvalue weighted by Crippen LogP contribution is -2.46. The maximum absolute atomic E-state index is 12.4. The zero-order valence-corrected chi connectivity index (χ0v) is 17.2. The van der Waals surface area contributed by atoms with Gasteiger partial charge >= 0.3 is 0 Å². The Balaban J connectivity index is 1.70. The molecule has 2 aromatic heterocycles. The number of carbonyl (C=O) groups is 1. The number of fused-ring (bicyclic) bond motifs is 1. The minimum atomic E-state index is -0.0848. The maximum Gasteiger partial charge on any atom is 0.252 e. The van der Waals surface area contributed by atoms with Crippen LogP contribution in [0.15, 0.2) is 47.5 Å². The van der Waals surface area contributed by atoms with Crippen molar-refractivity contribution in [2.75, 3.05) is 18.4 Å². The fourth-order valence-corrected chi connectivity index (χ4v) is 3.34.